The first kappa shape index (κ1) is 15.5. The Morgan fingerprint density at radius 1 is 1.27 bits per heavy atom. The molecular weight excluding hydrogens is 278 g/mol. The van der Waals surface area contributed by atoms with Gasteiger partial charge in [-0.3, -0.25) is 4.79 Å². The fourth-order valence-corrected chi connectivity index (χ4v) is 2.94. The first-order valence-electron chi connectivity index (χ1n) is 8.52. The van der Waals surface area contributed by atoms with E-state index < -0.39 is 0 Å². The molecule has 122 valence electrons. The molecule has 2 fully saturated rings. The normalized spacial score (nSPS) is 23.1. The van der Waals surface area contributed by atoms with Crippen LogP contribution >= 0.6 is 0 Å². The molecule has 1 aromatic heterocycles. The number of nitrogens with zero attached hydrogens (tertiary/aromatic N) is 3. The molecule has 0 N–H and O–H groups in total. The van der Waals surface area contributed by atoms with Crippen molar-refractivity contribution in [2.75, 3.05) is 13.1 Å². The number of rotatable bonds is 4. The quantitative estimate of drug-likeness (QED) is 0.856. The fourth-order valence-electron chi connectivity index (χ4n) is 2.94. The minimum absolute atomic E-state index is 0.219. The highest BCUT2D eigenvalue weighted by Gasteiger charge is 2.38. The van der Waals surface area contributed by atoms with Crippen molar-refractivity contribution in [3.63, 3.8) is 0 Å². The van der Waals surface area contributed by atoms with Crippen molar-refractivity contribution in [2.45, 2.75) is 65.2 Å². The molecule has 0 aromatic carbocycles. The Balaban J connectivity index is 1.69. The number of carbonyl (C=O) groups is 1. The smallest absolute Gasteiger partial charge is 0.229 e. The lowest BCUT2D eigenvalue weighted by Crippen LogP contribution is -2.47. The van der Waals surface area contributed by atoms with Crippen molar-refractivity contribution in [3.8, 4) is 0 Å². The lowest BCUT2D eigenvalue weighted by atomic mass is 9.79. The van der Waals surface area contributed by atoms with Crippen molar-refractivity contribution in [1.29, 1.82) is 0 Å². The summed E-state index contributed by atoms with van der Waals surface area (Å²) >= 11 is 0. The third kappa shape index (κ3) is 2.90. The van der Waals surface area contributed by atoms with Gasteiger partial charge < -0.3 is 9.42 Å². The topological polar surface area (TPSA) is 59.2 Å². The maximum atomic E-state index is 12.8. The van der Waals surface area contributed by atoms with Gasteiger partial charge in [-0.05, 0) is 31.6 Å². The largest absolute Gasteiger partial charge is 0.341 e. The van der Waals surface area contributed by atoms with Gasteiger partial charge in [0.05, 0.1) is 0 Å². The second-order valence-electron chi connectivity index (χ2n) is 7.73. The van der Waals surface area contributed by atoms with Crippen molar-refractivity contribution in [1.82, 2.24) is 15.0 Å². The van der Waals surface area contributed by atoms with Crippen LogP contribution in [0, 0.1) is 11.3 Å². The second kappa shape index (κ2) is 5.67. The first-order chi connectivity index (χ1) is 10.4. The van der Waals surface area contributed by atoms with Crippen LogP contribution in [-0.4, -0.2) is 34.0 Å². The minimum atomic E-state index is -0.321. The van der Waals surface area contributed by atoms with Crippen molar-refractivity contribution in [3.05, 3.63) is 11.7 Å². The van der Waals surface area contributed by atoms with Gasteiger partial charge in [-0.25, -0.2) is 0 Å². The number of hydrogen-bond donors (Lipinski definition) is 0. The molecule has 2 aliphatic rings. The molecule has 1 saturated heterocycles. The van der Waals surface area contributed by atoms with Crippen LogP contribution in [0.15, 0.2) is 4.52 Å². The number of piperidine rings is 1. The zero-order valence-corrected chi connectivity index (χ0v) is 14.1. The standard InChI is InChI=1S/C17H27N3O2/c1-11(2)17(3,4)16(21)20-9-5-6-13(10-20)14-18-15(22-19-14)12-7-8-12/h11-13H,5-10H2,1-4H3. The summed E-state index contributed by atoms with van der Waals surface area (Å²) in [4.78, 5) is 19.4. The van der Waals surface area contributed by atoms with Crippen molar-refractivity contribution in [2.24, 2.45) is 11.3 Å². The first-order valence-corrected chi connectivity index (χ1v) is 8.52. The van der Waals surface area contributed by atoms with Gasteiger partial charge >= 0.3 is 0 Å². The number of aromatic nitrogens is 2. The van der Waals surface area contributed by atoms with Crippen LogP contribution in [0.3, 0.4) is 0 Å². The fraction of sp³-hybridized carbons (Fsp3) is 0.824. The number of hydrogen-bond acceptors (Lipinski definition) is 4. The lowest BCUT2D eigenvalue weighted by molar-refractivity contribution is -0.144. The van der Waals surface area contributed by atoms with Gasteiger partial charge in [-0.2, -0.15) is 4.98 Å². The Bertz CT molecular complexity index is 546. The van der Waals surface area contributed by atoms with Crippen molar-refractivity contribution >= 4 is 5.91 Å². The highest BCUT2D eigenvalue weighted by Crippen LogP contribution is 2.40. The molecule has 2 heterocycles. The molecule has 1 atom stereocenters. The summed E-state index contributed by atoms with van der Waals surface area (Å²) in [6.07, 6.45) is 4.38. The molecular formula is C17H27N3O2. The third-order valence-corrected chi connectivity index (χ3v) is 5.45. The molecule has 0 bridgehead atoms. The average molecular weight is 305 g/mol. The summed E-state index contributed by atoms with van der Waals surface area (Å²) in [5.74, 6) is 2.87. The van der Waals surface area contributed by atoms with Gasteiger partial charge in [0.2, 0.25) is 11.8 Å². The molecule has 1 unspecified atom stereocenters. The Hall–Kier alpha value is -1.39. The molecule has 1 amide bonds. The Morgan fingerprint density at radius 2 is 2.00 bits per heavy atom. The second-order valence-corrected chi connectivity index (χ2v) is 7.73. The summed E-state index contributed by atoms with van der Waals surface area (Å²) in [5, 5.41) is 4.17. The Morgan fingerprint density at radius 3 is 2.64 bits per heavy atom. The molecule has 22 heavy (non-hydrogen) atoms. The summed E-state index contributed by atoms with van der Waals surface area (Å²) < 4.78 is 5.38. The molecule has 5 nitrogen and oxygen atoms in total. The third-order valence-electron chi connectivity index (χ3n) is 5.45. The Labute approximate surface area is 132 Å². The predicted octanol–water partition coefficient (Wildman–Crippen LogP) is 3.34. The van der Waals surface area contributed by atoms with Crippen LogP contribution in [0.25, 0.3) is 0 Å². The van der Waals surface area contributed by atoms with E-state index >= 15 is 0 Å². The van der Waals surface area contributed by atoms with Crippen LogP contribution in [0.1, 0.15) is 76.9 Å². The monoisotopic (exact) mass is 305 g/mol. The van der Waals surface area contributed by atoms with E-state index in [9.17, 15) is 4.79 Å². The Kier molecular flexibility index (Phi) is 4.00. The van der Waals surface area contributed by atoms with E-state index in [0.29, 0.717) is 11.8 Å². The van der Waals surface area contributed by atoms with Gasteiger partial charge in [0, 0.05) is 30.3 Å². The maximum Gasteiger partial charge on any atom is 0.229 e. The predicted molar refractivity (Wildman–Crippen MR) is 83.4 cm³/mol. The molecule has 1 saturated carbocycles. The number of likely N-dealkylation sites (tertiary alicyclic amines) is 1. The van der Waals surface area contributed by atoms with E-state index in [0.717, 1.165) is 37.6 Å². The molecule has 3 rings (SSSR count). The highest BCUT2D eigenvalue weighted by atomic mass is 16.5. The van der Waals surface area contributed by atoms with Crippen molar-refractivity contribution < 1.29 is 9.32 Å². The van der Waals surface area contributed by atoms with E-state index in [-0.39, 0.29) is 17.2 Å². The molecule has 1 aliphatic heterocycles. The zero-order valence-electron chi connectivity index (χ0n) is 14.1. The minimum Gasteiger partial charge on any atom is -0.341 e. The molecule has 0 radical (unpaired) electrons. The van der Waals surface area contributed by atoms with E-state index in [4.69, 9.17) is 4.52 Å². The van der Waals surface area contributed by atoms with Crippen LogP contribution in [0.2, 0.25) is 0 Å². The SMILES string of the molecule is CC(C)C(C)(C)C(=O)N1CCCC(c2noc(C3CC3)n2)C1. The lowest BCUT2D eigenvalue weighted by Gasteiger charge is -2.38. The zero-order chi connectivity index (χ0) is 15.9. The summed E-state index contributed by atoms with van der Waals surface area (Å²) in [7, 11) is 0. The van der Waals surface area contributed by atoms with Gasteiger partial charge in [-0.15, -0.1) is 0 Å². The summed E-state index contributed by atoms with van der Waals surface area (Å²) in [6.45, 7) is 9.88. The number of amides is 1. The van der Waals surface area contributed by atoms with Crippen LogP contribution in [0.5, 0.6) is 0 Å². The van der Waals surface area contributed by atoms with Crippen LogP contribution in [-0.2, 0) is 4.79 Å². The van der Waals surface area contributed by atoms with E-state index in [1.807, 2.05) is 18.7 Å². The van der Waals surface area contributed by atoms with Crippen LogP contribution < -0.4 is 0 Å². The maximum absolute atomic E-state index is 12.8. The molecule has 0 spiro atoms. The van der Waals surface area contributed by atoms with Gasteiger partial charge in [0.25, 0.3) is 0 Å². The van der Waals surface area contributed by atoms with Gasteiger partial charge in [-0.1, -0.05) is 32.9 Å². The van der Waals surface area contributed by atoms with Crippen LogP contribution in [0.4, 0.5) is 0 Å². The molecule has 1 aromatic rings. The van der Waals surface area contributed by atoms with E-state index in [1.165, 1.54) is 12.8 Å². The molecule has 1 aliphatic carbocycles. The summed E-state index contributed by atoms with van der Waals surface area (Å²) in [5.41, 5.74) is -0.321. The molecule has 5 heteroatoms. The van der Waals surface area contributed by atoms with E-state index in [1.54, 1.807) is 0 Å². The average Bonchev–Trinajstić information content (AvgIpc) is 3.23. The van der Waals surface area contributed by atoms with Gasteiger partial charge in [0.15, 0.2) is 5.82 Å². The summed E-state index contributed by atoms with van der Waals surface area (Å²) in [6, 6.07) is 0. The van der Waals surface area contributed by atoms with Gasteiger partial charge in [0.1, 0.15) is 0 Å². The highest BCUT2D eigenvalue weighted by molar-refractivity contribution is 5.82. The number of carbonyl (C=O) groups excluding carboxylic acids is 1. The van der Waals surface area contributed by atoms with E-state index in [2.05, 4.69) is 24.0 Å².